The minimum atomic E-state index is -0.817. The number of benzene rings is 1. The summed E-state index contributed by atoms with van der Waals surface area (Å²) >= 11 is 6.02. The zero-order valence-electron chi connectivity index (χ0n) is 10.4. The molecule has 4 nitrogen and oxygen atoms in total. The molecule has 2 atom stereocenters. The van der Waals surface area contributed by atoms with E-state index in [1.807, 2.05) is 6.07 Å². The lowest BCUT2D eigenvalue weighted by Crippen LogP contribution is -2.41. The molecule has 1 N–H and O–H groups in total. The number of alkyl halides is 1. The van der Waals surface area contributed by atoms with Crippen molar-refractivity contribution >= 4 is 23.5 Å². The van der Waals surface area contributed by atoms with Crippen LogP contribution in [0.2, 0.25) is 0 Å². The maximum atomic E-state index is 11.8. The first-order valence-corrected chi connectivity index (χ1v) is 6.16. The summed E-state index contributed by atoms with van der Waals surface area (Å²) in [5.41, 5.74) is 0.688. The van der Waals surface area contributed by atoms with Crippen LogP contribution in [0.1, 0.15) is 24.8 Å². The van der Waals surface area contributed by atoms with Gasteiger partial charge >= 0.3 is 5.97 Å². The number of esters is 1. The molecule has 1 aromatic rings. The summed E-state index contributed by atoms with van der Waals surface area (Å²) in [7, 11) is 0. The summed E-state index contributed by atoms with van der Waals surface area (Å²) in [6.45, 7) is 3.55. The van der Waals surface area contributed by atoms with E-state index < -0.39 is 23.3 Å². The minimum absolute atomic E-state index is 0.280. The fourth-order valence-corrected chi connectivity index (χ4v) is 1.59. The smallest absolute Gasteiger partial charge is 0.328 e. The molecule has 1 amide bonds. The summed E-state index contributed by atoms with van der Waals surface area (Å²) in [5, 5.41) is 1.70. The third-order valence-corrected chi connectivity index (χ3v) is 2.77. The van der Waals surface area contributed by atoms with Gasteiger partial charge in [0.25, 0.3) is 0 Å². The van der Waals surface area contributed by atoms with Gasteiger partial charge in [-0.3, -0.25) is 4.79 Å². The fourth-order valence-electron chi connectivity index (χ4n) is 1.39. The first-order valence-electron chi connectivity index (χ1n) is 5.72. The summed E-state index contributed by atoms with van der Waals surface area (Å²) in [6, 6.07) is 8.24. The summed E-state index contributed by atoms with van der Waals surface area (Å²) in [4.78, 5) is 23.2. The van der Waals surface area contributed by atoms with Gasteiger partial charge in [0.2, 0.25) is 5.91 Å². The van der Waals surface area contributed by atoms with Gasteiger partial charge in [-0.2, -0.15) is 0 Å². The van der Waals surface area contributed by atoms with Crippen molar-refractivity contribution in [1.29, 1.82) is 0 Å². The topological polar surface area (TPSA) is 55.4 Å². The number of hydrogen-bond acceptors (Lipinski definition) is 3. The third kappa shape index (κ3) is 4.04. The number of hydrogen-bond donors (Lipinski definition) is 1. The van der Waals surface area contributed by atoms with Crippen molar-refractivity contribution in [2.24, 2.45) is 0 Å². The number of carbonyl (C=O) groups excluding carboxylic acids is 2. The Hall–Kier alpha value is -1.55. The van der Waals surface area contributed by atoms with Crippen molar-refractivity contribution in [3.63, 3.8) is 0 Å². The second-order valence-corrected chi connectivity index (χ2v) is 4.19. The number of amides is 1. The van der Waals surface area contributed by atoms with E-state index in [2.05, 4.69) is 5.32 Å². The molecule has 1 rings (SSSR count). The second kappa shape index (κ2) is 7.01. The molecule has 0 radical (unpaired) electrons. The van der Waals surface area contributed by atoms with E-state index in [4.69, 9.17) is 16.3 Å². The van der Waals surface area contributed by atoms with Crippen LogP contribution in [0.3, 0.4) is 0 Å². The van der Waals surface area contributed by atoms with E-state index >= 15 is 0 Å². The monoisotopic (exact) mass is 269 g/mol. The highest BCUT2D eigenvalue weighted by molar-refractivity contribution is 6.30. The van der Waals surface area contributed by atoms with Crippen LogP contribution in [0.5, 0.6) is 0 Å². The van der Waals surface area contributed by atoms with Gasteiger partial charge < -0.3 is 10.1 Å². The summed E-state index contributed by atoms with van der Waals surface area (Å²) < 4.78 is 4.79. The molecule has 0 fully saturated rings. The Morgan fingerprint density at radius 2 is 1.94 bits per heavy atom. The molecular weight excluding hydrogens is 254 g/mol. The van der Waals surface area contributed by atoms with Crippen molar-refractivity contribution in [2.45, 2.75) is 25.3 Å². The van der Waals surface area contributed by atoms with E-state index in [0.717, 1.165) is 0 Å². The van der Waals surface area contributed by atoms with Crippen LogP contribution in [-0.4, -0.2) is 24.5 Å². The standard InChI is InChI=1S/C13H16ClNO3/c1-3-18-13(17)9(2)15-12(16)11(14)10-7-5-4-6-8-10/h4-9,11H,3H2,1-2H3,(H,15,16). The molecule has 0 heterocycles. The highest BCUT2D eigenvalue weighted by atomic mass is 35.5. The van der Waals surface area contributed by atoms with Gasteiger partial charge in [0.05, 0.1) is 6.61 Å². The quantitative estimate of drug-likeness (QED) is 0.657. The first-order chi connectivity index (χ1) is 8.56. The van der Waals surface area contributed by atoms with Crippen molar-refractivity contribution in [3.8, 4) is 0 Å². The zero-order chi connectivity index (χ0) is 13.5. The van der Waals surface area contributed by atoms with Gasteiger partial charge in [-0.15, -0.1) is 11.6 Å². The maximum absolute atomic E-state index is 11.8. The first kappa shape index (κ1) is 14.5. The summed E-state index contributed by atoms with van der Waals surface area (Å²) in [6.07, 6.45) is 0. The normalized spacial score (nSPS) is 13.5. The number of carbonyl (C=O) groups is 2. The Kier molecular flexibility index (Phi) is 5.65. The Labute approximate surface area is 111 Å². The molecule has 0 spiro atoms. The molecule has 1 aromatic carbocycles. The highest BCUT2D eigenvalue weighted by Crippen LogP contribution is 2.20. The van der Waals surface area contributed by atoms with E-state index in [-0.39, 0.29) is 6.61 Å². The van der Waals surface area contributed by atoms with Crippen LogP contribution < -0.4 is 5.32 Å². The van der Waals surface area contributed by atoms with E-state index in [9.17, 15) is 9.59 Å². The molecular formula is C13H16ClNO3. The van der Waals surface area contributed by atoms with Crippen molar-refractivity contribution in [2.75, 3.05) is 6.61 Å². The number of nitrogens with one attached hydrogen (secondary N) is 1. The van der Waals surface area contributed by atoms with Gasteiger partial charge in [-0.05, 0) is 19.4 Å². The lowest BCUT2D eigenvalue weighted by atomic mass is 10.1. The predicted octanol–water partition coefficient (Wildman–Crippen LogP) is 2.03. The minimum Gasteiger partial charge on any atom is -0.464 e. The third-order valence-electron chi connectivity index (χ3n) is 2.32. The SMILES string of the molecule is CCOC(=O)C(C)NC(=O)C(Cl)c1ccccc1. The van der Waals surface area contributed by atoms with Gasteiger partial charge in [-0.1, -0.05) is 30.3 Å². The predicted molar refractivity (Wildman–Crippen MR) is 69.3 cm³/mol. The molecule has 0 aliphatic rings. The van der Waals surface area contributed by atoms with Crippen molar-refractivity contribution in [1.82, 2.24) is 5.32 Å². The largest absolute Gasteiger partial charge is 0.464 e. The number of rotatable bonds is 5. The van der Waals surface area contributed by atoms with Crippen molar-refractivity contribution in [3.05, 3.63) is 35.9 Å². The van der Waals surface area contributed by atoms with Gasteiger partial charge in [0.1, 0.15) is 11.4 Å². The number of ether oxygens (including phenoxy) is 1. The molecule has 0 saturated carbocycles. The fraction of sp³-hybridized carbons (Fsp3) is 0.385. The molecule has 2 unspecified atom stereocenters. The van der Waals surface area contributed by atoms with Crippen LogP contribution in [0.25, 0.3) is 0 Å². The Morgan fingerprint density at radius 1 is 1.33 bits per heavy atom. The summed E-state index contributed by atoms with van der Waals surface area (Å²) in [5.74, 6) is -0.883. The Balaban J connectivity index is 2.58. The number of halogens is 1. The molecule has 5 heteroatoms. The average molecular weight is 270 g/mol. The van der Waals surface area contributed by atoms with Crippen LogP contribution in [0, 0.1) is 0 Å². The molecule has 18 heavy (non-hydrogen) atoms. The van der Waals surface area contributed by atoms with Crippen LogP contribution in [0.4, 0.5) is 0 Å². The van der Waals surface area contributed by atoms with E-state index in [1.54, 1.807) is 38.1 Å². The van der Waals surface area contributed by atoms with Crippen LogP contribution in [-0.2, 0) is 14.3 Å². The Bertz CT molecular complexity index is 408. The molecule has 0 bridgehead atoms. The van der Waals surface area contributed by atoms with Crippen molar-refractivity contribution < 1.29 is 14.3 Å². The molecule has 0 saturated heterocycles. The Morgan fingerprint density at radius 3 is 2.50 bits per heavy atom. The molecule has 0 aliphatic carbocycles. The highest BCUT2D eigenvalue weighted by Gasteiger charge is 2.22. The van der Waals surface area contributed by atoms with Gasteiger partial charge in [0.15, 0.2) is 0 Å². The molecule has 0 aromatic heterocycles. The molecule has 0 aliphatic heterocycles. The van der Waals surface area contributed by atoms with E-state index in [1.165, 1.54) is 0 Å². The zero-order valence-corrected chi connectivity index (χ0v) is 11.1. The van der Waals surface area contributed by atoms with E-state index in [0.29, 0.717) is 5.56 Å². The lowest BCUT2D eigenvalue weighted by Gasteiger charge is -2.15. The lowest BCUT2D eigenvalue weighted by molar-refractivity contribution is -0.146. The van der Waals surface area contributed by atoms with Crippen LogP contribution >= 0.6 is 11.6 Å². The van der Waals surface area contributed by atoms with Gasteiger partial charge in [0, 0.05) is 0 Å². The van der Waals surface area contributed by atoms with Crippen LogP contribution in [0.15, 0.2) is 30.3 Å². The second-order valence-electron chi connectivity index (χ2n) is 3.76. The molecule has 98 valence electrons. The van der Waals surface area contributed by atoms with Gasteiger partial charge in [-0.25, -0.2) is 4.79 Å². The average Bonchev–Trinajstić information content (AvgIpc) is 2.39. The maximum Gasteiger partial charge on any atom is 0.328 e.